The van der Waals surface area contributed by atoms with Gasteiger partial charge in [0, 0.05) is 19.0 Å². The fourth-order valence-corrected chi connectivity index (χ4v) is 2.42. The van der Waals surface area contributed by atoms with Crippen LogP contribution in [0.5, 0.6) is 0 Å². The molecule has 1 rings (SSSR count). The second-order valence-electron chi connectivity index (χ2n) is 5.05. The fourth-order valence-electron chi connectivity index (χ4n) is 2.42. The fraction of sp³-hybridized carbons (Fsp3) is 0.909. The molecule has 0 bridgehead atoms. The Morgan fingerprint density at radius 1 is 1.50 bits per heavy atom. The number of nitrogens with two attached hydrogens (primary N) is 1. The molecule has 0 radical (unpaired) electrons. The predicted octanol–water partition coefficient (Wildman–Crippen LogP) is 0.606. The topological polar surface area (TPSA) is 82.1 Å². The van der Waals surface area contributed by atoms with Gasteiger partial charge in [0.05, 0.1) is 5.60 Å². The Hall–Kier alpha value is -0.810. The van der Waals surface area contributed by atoms with Gasteiger partial charge in [0.2, 0.25) is 0 Å². The van der Waals surface area contributed by atoms with E-state index < -0.39 is 5.60 Å². The second kappa shape index (κ2) is 5.50. The van der Waals surface area contributed by atoms with Gasteiger partial charge in [-0.2, -0.15) is 0 Å². The van der Waals surface area contributed by atoms with Crippen LogP contribution in [0.4, 0.5) is 0 Å². The summed E-state index contributed by atoms with van der Waals surface area (Å²) < 4.78 is 0. The highest BCUT2D eigenvalue weighted by molar-refractivity contribution is 5.82. The van der Waals surface area contributed by atoms with Gasteiger partial charge >= 0.3 is 0 Å². The molecule has 0 spiro atoms. The highest BCUT2D eigenvalue weighted by Gasteiger charge is 2.32. The molecule has 0 saturated heterocycles. The highest BCUT2D eigenvalue weighted by Crippen LogP contribution is 2.29. The minimum absolute atomic E-state index is 0.00000283. The van der Waals surface area contributed by atoms with Gasteiger partial charge in [-0.3, -0.25) is 0 Å². The average molecular weight is 229 g/mol. The van der Waals surface area contributed by atoms with E-state index >= 15 is 0 Å². The summed E-state index contributed by atoms with van der Waals surface area (Å²) in [6, 6.07) is 0. The number of aliphatic hydroxyl groups is 1. The van der Waals surface area contributed by atoms with E-state index in [4.69, 9.17) is 10.9 Å². The lowest BCUT2D eigenvalue weighted by Gasteiger charge is -2.29. The second-order valence-corrected chi connectivity index (χ2v) is 5.05. The standard InChI is InChI=1S/C11H23N3O2/c1-9(10(12)13-16)7-14(2)8-11(15)5-3-4-6-11/h9,15-16H,3-8H2,1-2H3,(H2,12,13). The number of hydrogen-bond acceptors (Lipinski definition) is 4. The molecular weight excluding hydrogens is 206 g/mol. The van der Waals surface area contributed by atoms with Gasteiger partial charge in [0.25, 0.3) is 0 Å². The van der Waals surface area contributed by atoms with E-state index in [0.717, 1.165) is 25.7 Å². The number of amidine groups is 1. The monoisotopic (exact) mass is 229 g/mol. The molecule has 1 unspecified atom stereocenters. The van der Waals surface area contributed by atoms with Crippen molar-refractivity contribution in [3.05, 3.63) is 0 Å². The van der Waals surface area contributed by atoms with Crippen molar-refractivity contribution in [1.82, 2.24) is 4.90 Å². The first-order valence-corrected chi connectivity index (χ1v) is 5.85. The van der Waals surface area contributed by atoms with Gasteiger partial charge in [0.1, 0.15) is 5.84 Å². The minimum Gasteiger partial charge on any atom is -0.409 e. The van der Waals surface area contributed by atoms with Crippen molar-refractivity contribution >= 4 is 5.84 Å². The number of hydrogen-bond donors (Lipinski definition) is 3. The maximum atomic E-state index is 10.2. The Kier molecular flexibility index (Phi) is 4.56. The zero-order chi connectivity index (χ0) is 12.2. The van der Waals surface area contributed by atoms with E-state index in [1.165, 1.54) is 0 Å². The Morgan fingerprint density at radius 2 is 2.06 bits per heavy atom. The molecule has 0 aromatic carbocycles. The molecular formula is C11H23N3O2. The molecule has 0 aliphatic heterocycles. The predicted molar refractivity (Wildman–Crippen MR) is 63.5 cm³/mol. The Labute approximate surface area is 96.9 Å². The quantitative estimate of drug-likeness (QED) is 0.279. The molecule has 1 fully saturated rings. The van der Waals surface area contributed by atoms with Crippen molar-refractivity contribution in [2.45, 2.75) is 38.2 Å². The van der Waals surface area contributed by atoms with Crippen LogP contribution in [0.25, 0.3) is 0 Å². The van der Waals surface area contributed by atoms with E-state index in [2.05, 4.69) is 5.16 Å². The number of oxime groups is 1. The Bertz CT molecular complexity index is 250. The summed E-state index contributed by atoms with van der Waals surface area (Å²) in [5.74, 6) is 0.241. The van der Waals surface area contributed by atoms with E-state index in [-0.39, 0.29) is 11.8 Å². The van der Waals surface area contributed by atoms with E-state index in [0.29, 0.717) is 13.1 Å². The van der Waals surface area contributed by atoms with Crippen LogP contribution in [0.1, 0.15) is 32.6 Å². The van der Waals surface area contributed by atoms with Gasteiger partial charge in [-0.25, -0.2) is 0 Å². The lowest BCUT2D eigenvalue weighted by molar-refractivity contribution is 0.0150. The summed E-state index contributed by atoms with van der Waals surface area (Å²) in [7, 11) is 1.96. The van der Waals surface area contributed by atoms with Crippen LogP contribution in [0.15, 0.2) is 5.16 Å². The van der Waals surface area contributed by atoms with Gasteiger partial charge < -0.3 is 20.9 Å². The molecule has 94 valence electrons. The lowest BCUT2D eigenvalue weighted by atomic mass is 10.0. The molecule has 0 aromatic rings. The van der Waals surface area contributed by atoms with Crippen LogP contribution in [-0.2, 0) is 0 Å². The molecule has 5 nitrogen and oxygen atoms in total. The highest BCUT2D eigenvalue weighted by atomic mass is 16.4. The van der Waals surface area contributed by atoms with Crippen molar-refractivity contribution in [2.75, 3.05) is 20.1 Å². The van der Waals surface area contributed by atoms with Gasteiger partial charge in [-0.15, -0.1) is 0 Å². The normalized spacial score (nSPS) is 22.6. The first kappa shape index (κ1) is 13.3. The molecule has 0 amide bonds. The lowest BCUT2D eigenvalue weighted by Crippen LogP contribution is -2.42. The first-order chi connectivity index (χ1) is 7.47. The average Bonchev–Trinajstić information content (AvgIpc) is 2.62. The zero-order valence-electron chi connectivity index (χ0n) is 10.2. The maximum Gasteiger partial charge on any atom is 0.143 e. The molecule has 1 aliphatic carbocycles. The largest absolute Gasteiger partial charge is 0.409 e. The van der Waals surface area contributed by atoms with Gasteiger partial charge in [0.15, 0.2) is 0 Å². The molecule has 0 heterocycles. The third-order valence-corrected chi connectivity index (χ3v) is 3.30. The molecule has 1 atom stereocenters. The molecule has 1 aliphatic rings. The summed E-state index contributed by atoms with van der Waals surface area (Å²) in [5.41, 5.74) is 4.99. The third-order valence-electron chi connectivity index (χ3n) is 3.30. The molecule has 5 heteroatoms. The summed E-state index contributed by atoms with van der Waals surface area (Å²) in [4.78, 5) is 2.05. The molecule has 16 heavy (non-hydrogen) atoms. The first-order valence-electron chi connectivity index (χ1n) is 5.85. The summed E-state index contributed by atoms with van der Waals surface area (Å²) >= 11 is 0. The SMILES string of the molecule is CC(CN(C)CC1(O)CCCC1)C(N)=NO. The van der Waals surface area contributed by atoms with Gasteiger partial charge in [-0.05, 0) is 19.9 Å². The summed E-state index contributed by atoms with van der Waals surface area (Å²) in [6.45, 7) is 3.26. The number of nitrogens with zero attached hydrogens (tertiary/aromatic N) is 2. The van der Waals surface area contributed by atoms with Crippen molar-refractivity contribution in [3.8, 4) is 0 Å². The number of likely N-dealkylation sites (N-methyl/N-ethyl adjacent to an activating group) is 1. The van der Waals surface area contributed by atoms with Crippen molar-refractivity contribution in [3.63, 3.8) is 0 Å². The molecule has 4 N–H and O–H groups in total. The van der Waals surface area contributed by atoms with Crippen LogP contribution in [-0.4, -0.2) is 46.8 Å². The van der Waals surface area contributed by atoms with Crippen LogP contribution < -0.4 is 5.73 Å². The zero-order valence-corrected chi connectivity index (χ0v) is 10.2. The van der Waals surface area contributed by atoms with Crippen molar-refractivity contribution in [2.24, 2.45) is 16.8 Å². The van der Waals surface area contributed by atoms with E-state index in [1.807, 2.05) is 18.9 Å². The van der Waals surface area contributed by atoms with Crippen LogP contribution in [0.3, 0.4) is 0 Å². The molecule has 1 saturated carbocycles. The van der Waals surface area contributed by atoms with Crippen LogP contribution in [0, 0.1) is 5.92 Å². The van der Waals surface area contributed by atoms with Crippen molar-refractivity contribution in [1.29, 1.82) is 0 Å². The van der Waals surface area contributed by atoms with Gasteiger partial charge in [-0.1, -0.05) is 24.9 Å². The number of rotatable bonds is 5. The summed E-state index contributed by atoms with van der Waals surface area (Å²) in [5, 5.41) is 21.8. The van der Waals surface area contributed by atoms with E-state index in [1.54, 1.807) is 0 Å². The van der Waals surface area contributed by atoms with E-state index in [9.17, 15) is 5.11 Å². The third kappa shape index (κ3) is 3.64. The van der Waals surface area contributed by atoms with Crippen molar-refractivity contribution < 1.29 is 10.3 Å². The minimum atomic E-state index is -0.528. The molecule has 0 aromatic heterocycles. The van der Waals surface area contributed by atoms with Crippen LogP contribution in [0.2, 0.25) is 0 Å². The Morgan fingerprint density at radius 3 is 2.56 bits per heavy atom. The maximum absolute atomic E-state index is 10.2. The van der Waals surface area contributed by atoms with Crippen LogP contribution >= 0.6 is 0 Å². The smallest absolute Gasteiger partial charge is 0.143 e. The Balaban J connectivity index is 2.38. The summed E-state index contributed by atoms with van der Waals surface area (Å²) in [6.07, 6.45) is 3.99.